The van der Waals surface area contributed by atoms with Gasteiger partial charge in [0.2, 0.25) is 0 Å². The first kappa shape index (κ1) is 16.5. The largest absolute Gasteiger partial charge is 0.367 e. The van der Waals surface area contributed by atoms with Gasteiger partial charge in [0.25, 0.3) is 0 Å². The van der Waals surface area contributed by atoms with Crippen LogP contribution in [-0.2, 0) is 0 Å². The summed E-state index contributed by atoms with van der Waals surface area (Å²) in [7, 11) is 3.74. The quantitative estimate of drug-likeness (QED) is 0.261. The van der Waals surface area contributed by atoms with Crippen molar-refractivity contribution >= 4 is 13.1 Å². The zero-order valence-corrected chi connectivity index (χ0v) is 8.04. The van der Waals surface area contributed by atoms with Crippen LogP contribution in [-0.4, -0.2) is 32.1 Å². The molecule has 0 aromatic carbocycles. The fraction of sp³-hybridized carbons (Fsp3) is 0.500. The molecule has 0 N–H and O–H groups in total. The van der Waals surface area contributed by atoms with Gasteiger partial charge in [-0.2, -0.15) is 5.10 Å². The van der Waals surface area contributed by atoms with Gasteiger partial charge in [0.05, 0.1) is 0 Å². The Labute approximate surface area is 70.1 Å². The van der Waals surface area contributed by atoms with E-state index in [4.69, 9.17) is 0 Å². The number of rotatable bonds is 2. The predicted molar refractivity (Wildman–Crippen MR) is 54.3 cm³/mol. The molecule has 0 aliphatic carbocycles. The fourth-order valence-electron chi connectivity index (χ4n) is 0.140. The molecule has 0 aliphatic heterocycles. The van der Waals surface area contributed by atoms with E-state index in [1.807, 2.05) is 27.9 Å². The van der Waals surface area contributed by atoms with E-state index in [1.165, 1.54) is 0 Å². The summed E-state index contributed by atoms with van der Waals surface area (Å²) in [6.07, 6.45) is 1.58. The van der Waals surface area contributed by atoms with Crippen LogP contribution in [0, 0.1) is 0 Å². The first-order valence-electron chi connectivity index (χ1n) is 3.43. The highest BCUT2D eigenvalue weighted by Crippen LogP contribution is 1.65. The lowest BCUT2D eigenvalue weighted by Crippen LogP contribution is -2.06. The molecule has 0 atom stereocenters. The van der Waals surface area contributed by atoms with Crippen molar-refractivity contribution in [3.05, 3.63) is 13.2 Å². The van der Waals surface area contributed by atoms with Crippen molar-refractivity contribution in [2.75, 3.05) is 14.1 Å². The van der Waals surface area contributed by atoms with Crippen molar-refractivity contribution in [1.82, 2.24) is 4.90 Å². The highest BCUT2D eigenvalue weighted by Gasteiger charge is 1.69. The van der Waals surface area contributed by atoms with Crippen LogP contribution in [0.1, 0.15) is 13.8 Å². The van der Waals surface area contributed by atoms with Gasteiger partial charge in [0, 0.05) is 20.8 Å². The Balaban J connectivity index is -0.000000138. The molecule has 3 heteroatoms. The molecule has 0 amide bonds. The topological polar surface area (TPSA) is 28.0 Å². The second kappa shape index (κ2) is 23.2. The van der Waals surface area contributed by atoms with E-state index >= 15 is 0 Å². The molecule has 0 aromatic heterocycles. The van der Waals surface area contributed by atoms with Crippen molar-refractivity contribution in [3.63, 3.8) is 0 Å². The van der Waals surface area contributed by atoms with E-state index in [-0.39, 0.29) is 0 Å². The van der Waals surface area contributed by atoms with Crippen LogP contribution in [0.5, 0.6) is 0 Å². The van der Waals surface area contributed by atoms with Crippen molar-refractivity contribution in [2.45, 2.75) is 13.8 Å². The van der Waals surface area contributed by atoms with Crippen molar-refractivity contribution in [3.8, 4) is 0 Å². The maximum atomic E-state index is 3.49. The standard InChI is InChI=1S/C4H9N3.C2H6.C2H4/c1-5-6-4-7(2)3;2*1-2/h4H,1H2,2-3H3;1-2H3;1-2H2/b6-4-;;. The molecule has 0 unspecified atom stereocenters. The van der Waals surface area contributed by atoms with Crippen LogP contribution in [0.2, 0.25) is 0 Å². The molecule has 0 radical (unpaired) electrons. The van der Waals surface area contributed by atoms with Gasteiger partial charge in [0.15, 0.2) is 0 Å². The third-order valence-corrected chi connectivity index (χ3v) is 0.364. The summed E-state index contributed by atoms with van der Waals surface area (Å²) >= 11 is 0. The average molecular weight is 157 g/mol. The second-order valence-electron chi connectivity index (χ2n) is 1.34. The van der Waals surface area contributed by atoms with Crippen LogP contribution < -0.4 is 0 Å². The molecule has 0 saturated heterocycles. The van der Waals surface area contributed by atoms with Crippen LogP contribution in [0.15, 0.2) is 23.4 Å². The highest BCUT2D eigenvalue weighted by molar-refractivity contribution is 5.53. The van der Waals surface area contributed by atoms with E-state index < -0.39 is 0 Å². The zero-order chi connectivity index (χ0) is 9.70. The normalized spacial score (nSPS) is 6.91. The summed E-state index contributed by atoms with van der Waals surface area (Å²) in [6.45, 7) is 13.2. The van der Waals surface area contributed by atoms with Crippen LogP contribution in [0.25, 0.3) is 0 Å². The lowest BCUT2D eigenvalue weighted by atomic mass is 11.0. The first-order chi connectivity index (χ1) is 5.27. The monoisotopic (exact) mass is 157 g/mol. The Morgan fingerprint density at radius 2 is 1.55 bits per heavy atom. The fourth-order valence-corrected chi connectivity index (χ4v) is 0.140. The number of hydrogen-bond acceptors (Lipinski definition) is 2. The molecule has 0 fully saturated rings. The molecular formula is C8H19N3. The van der Waals surface area contributed by atoms with E-state index in [2.05, 4.69) is 30.1 Å². The molecule has 0 heterocycles. The Morgan fingerprint density at radius 1 is 1.18 bits per heavy atom. The van der Waals surface area contributed by atoms with Gasteiger partial charge in [-0.15, -0.1) is 18.3 Å². The molecule has 0 aliphatic rings. The van der Waals surface area contributed by atoms with E-state index in [9.17, 15) is 0 Å². The summed E-state index contributed by atoms with van der Waals surface area (Å²) in [6, 6.07) is 0. The van der Waals surface area contributed by atoms with Gasteiger partial charge in [0.1, 0.15) is 6.34 Å². The molecule has 11 heavy (non-hydrogen) atoms. The average Bonchev–Trinajstić information content (AvgIpc) is 2.08. The van der Waals surface area contributed by atoms with E-state index in [1.54, 1.807) is 11.2 Å². The van der Waals surface area contributed by atoms with Crippen molar-refractivity contribution in [1.29, 1.82) is 0 Å². The van der Waals surface area contributed by atoms with Gasteiger partial charge < -0.3 is 4.90 Å². The van der Waals surface area contributed by atoms with Crippen LogP contribution >= 0.6 is 0 Å². The van der Waals surface area contributed by atoms with Crippen molar-refractivity contribution in [2.24, 2.45) is 10.2 Å². The van der Waals surface area contributed by atoms with E-state index in [0.29, 0.717) is 0 Å². The molecule has 66 valence electrons. The molecule has 0 spiro atoms. The minimum atomic E-state index is 1.58. The minimum Gasteiger partial charge on any atom is -0.367 e. The third kappa shape index (κ3) is 50.7. The van der Waals surface area contributed by atoms with Gasteiger partial charge in [-0.1, -0.05) is 13.8 Å². The third-order valence-electron chi connectivity index (χ3n) is 0.364. The lowest BCUT2D eigenvalue weighted by molar-refractivity contribution is 0.640. The Kier molecular flexibility index (Phi) is 34.6. The summed E-state index contributed by atoms with van der Waals surface area (Å²) in [4.78, 5) is 1.79. The van der Waals surface area contributed by atoms with Crippen molar-refractivity contribution < 1.29 is 0 Å². The van der Waals surface area contributed by atoms with Gasteiger partial charge in [-0.05, 0) is 0 Å². The Morgan fingerprint density at radius 3 is 1.64 bits per heavy atom. The number of nitrogens with zero attached hydrogens (tertiary/aromatic N) is 3. The SMILES string of the molecule is C=C.C=N/N=C\N(C)C.CC. The summed E-state index contributed by atoms with van der Waals surface area (Å²) in [5.74, 6) is 0. The predicted octanol–water partition coefficient (Wildman–Crippen LogP) is 2.02. The highest BCUT2D eigenvalue weighted by atomic mass is 15.2. The molecule has 3 nitrogen and oxygen atoms in total. The molecular weight excluding hydrogens is 138 g/mol. The smallest absolute Gasteiger partial charge is 0.113 e. The Bertz CT molecular complexity index is 87.3. The lowest BCUT2D eigenvalue weighted by Gasteiger charge is -1.97. The maximum Gasteiger partial charge on any atom is 0.113 e. The molecule has 0 saturated carbocycles. The molecule has 0 bridgehead atoms. The second-order valence-corrected chi connectivity index (χ2v) is 1.34. The maximum absolute atomic E-state index is 3.49. The zero-order valence-electron chi connectivity index (χ0n) is 8.04. The van der Waals surface area contributed by atoms with Gasteiger partial charge >= 0.3 is 0 Å². The molecule has 0 rings (SSSR count). The Hall–Kier alpha value is -1.12. The van der Waals surface area contributed by atoms with Crippen LogP contribution in [0.4, 0.5) is 0 Å². The first-order valence-corrected chi connectivity index (χ1v) is 3.43. The van der Waals surface area contributed by atoms with Gasteiger partial charge in [-0.3, -0.25) is 0 Å². The summed E-state index contributed by atoms with van der Waals surface area (Å²) in [5.41, 5.74) is 0. The summed E-state index contributed by atoms with van der Waals surface area (Å²) < 4.78 is 0. The molecule has 0 aromatic rings. The summed E-state index contributed by atoms with van der Waals surface area (Å²) in [5, 5.41) is 6.74. The van der Waals surface area contributed by atoms with E-state index in [0.717, 1.165) is 0 Å². The van der Waals surface area contributed by atoms with Gasteiger partial charge in [-0.25, -0.2) is 0 Å². The minimum absolute atomic E-state index is 1.58. The van der Waals surface area contributed by atoms with Crippen LogP contribution in [0.3, 0.4) is 0 Å². The number of hydrogen-bond donors (Lipinski definition) is 0.